The van der Waals surface area contributed by atoms with Crippen LogP contribution in [0.1, 0.15) is 19.8 Å². The summed E-state index contributed by atoms with van der Waals surface area (Å²) in [4.78, 5) is 0. The van der Waals surface area contributed by atoms with Gasteiger partial charge in [0.05, 0.1) is 6.10 Å². The van der Waals surface area contributed by atoms with E-state index in [-0.39, 0.29) is 26.6 Å². The Kier molecular flexibility index (Phi) is 1.54. The second-order valence-corrected chi connectivity index (χ2v) is 7.78. The normalized spacial score (nSPS) is 61.7. The molecule has 1 heterocycles. The second kappa shape index (κ2) is 2.24. The molecule has 2 bridgehead atoms. The average Bonchev–Trinajstić information content (AvgIpc) is 2.43. The van der Waals surface area contributed by atoms with E-state index >= 15 is 0 Å². The molecule has 0 N–H and O–H groups in total. The van der Waals surface area contributed by atoms with Gasteiger partial charge in [-0.1, -0.05) is 29.5 Å². The smallest absolute Gasteiger partial charge is 0.266 e. The first-order valence-electron chi connectivity index (χ1n) is 4.50. The van der Waals surface area contributed by atoms with E-state index in [1.807, 2.05) is 0 Å². The number of hydrogen-bond donors (Lipinski definition) is 0. The molecule has 5 atom stereocenters. The number of fused-ring (bicyclic) bond motifs is 1. The monoisotopic (exact) mass is 314 g/mol. The Morgan fingerprint density at radius 2 is 2.15 bits per heavy atom. The molecule has 0 radical (unpaired) electrons. The summed E-state index contributed by atoms with van der Waals surface area (Å²) < 4.78 is 28.6. The Hall–Kier alpha value is 0.640. The summed E-state index contributed by atoms with van der Waals surface area (Å²) in [6.07, 6.45) is 1.97. The van der Waals surface area contributed by atoms with Crippen LogP contribution in [0, 0.1) is 11.3 Å². The fourth-order valence-corrected chi connectivity index (χ4v) is 7.36. The molecule has 3 aliphatic rings. The van der Waals surface area contributed by atoms with Crippen LogP contribution in [0.3, 0.4) is 0 Å². The SMILES string of the molecule is CC12CC3OS(=O)(=O)C(C3C1)C2I. The molecule has 3 rings (SSSR count). The maximum Gasteiger partial charge on any atom is 0.271 e. The number of hydrogen-bond acceptors (Lipinski definition) is 3. The van der Waals surface area contributed by atoms with E-state index in [0.29, 0.717) is 0 Å². The maximum atomic E-state index is 11.6. The van der Waals surface area contributed by atoms with Crippen molar-refractivity contribution in [3.05, 3.63) is 0 Å². The third-order valence-corrected chi connectivity index (χ3v) is 8.38. The van der Waals surface area contributed by atoms with Gasteiger partial charge in [0, 0.05) is 9.84 Å². The van der Waals surface area contributed by atoms with Crippen LogP contribution >= 0.6 is 22.6 Å². The predicted octanol–water partition coefficient (Wildman–Crippen LogP) is 1.32. The first-order valence-corrected chi connectivity index (χ1v) is 7.22. The van der Waals surface area contributed by atoms with Crippen LogP contribution in [0.15, 0.2) is 0 Å². The molecule has 0 spiro atoms. The minimum absolute atomic E-state index is 0.00557. The predicted molar refractivity (Wildman–Crippen MR) is 56.2 cm³/mol. The molecule has 5 heteroatoms. The molecule has 13 heavy (non-hydrogen) atoms. The second-order valence-electron chi connectivity index (χ2n) is 4.72. The minimum Gasteiger partial charge on any atom is -0.266 e. The lowest BCUT2D eigenvalue weighted by atomic mass is 9.85. The van der Waals surface area contributed by atoms with E-state index in [4.69, 9.17) is 4.18 Å². The zero-order valence-electron chi connectivity index (χ0n) is 7.23. The summed E-state index contributed by atoms with van der Waals surface area (Å²) in [6, 6.07) is 0. The lowest BCUT2D eigenvalue weighted by Gasteiger charge is -2.28. The van der Waals surface area contributed by atoms with Crippen molar-refractivity contribution in [2.75, 3.05) is 0 Å². The van der Waals surface area contributed by atoms with Crippen LogP contribution in [0.4, 0.5) is 0 Å². The molecular formula is C8H11IO3S. The molecule has 74 valence electrons. The van der Waals surface area contributed by atoms with Crippen molar-refractivity contribution in [2.24, 2.45) is 11.3 Å². The van der Waals surface area contributed by atoms with E-state index < -0.39 is 10.1 Å². The van der Waals surface area contributed by atoms with Gasteiger partial charge in [-0.25, -0.2) is 0 Å². The van der Waals surface area contributed by atoms with Gasteiger partial charge < -0.3 is 0 Å². The van der Waals surface area contributed by atoms with Crippen LogP contribution in [-0.2, 0) is 14.3 Å². The van der Waals surface area contributed by atoms with Gasteiger partial charge in [-0.15, -0.1) is 0 Å². The average molecular weight is 314 g/mol. The van der Waals surface area contributed by atoms with E-state index in [1.54, 1.807) is 0 Å². The zero-order chi connectivity index (χ0) is 9.43. The lowest BCUT2D eigenvalue weighted by molar-refractivity contribution is 0.182. The highest BCUT2D eigenvalue weighted by Gasteiger charge is 2.68. The van der Waals surface area contributed by atoms with Crippen molar-refractivity contribution in [3.63, 3.8) is 0 Å². The van der Waals surface area contributed by atoms with Crippen LogP contribution < -0.4 is 0 Å². The van der Waals surface area contributed by atoms with Gasteiger partial charge in [-0.3, -0.25) is 4.18 Å². The molecule has 1 saturated heterocycles. The zero-order valence-corrected chi connectivity index (χ0v) is 10.2. The largest absolute Gasteiger partial charge is 0.271 e. The van der Waals surface area contributed by atoms with E-state index in [9.17, 15) is 8.42 Å². The fourth-order valence-electron chi connectivity index (χ4n) is 3.23. The molecule has 0 aromatic rings. The highest BCUT2D eigenvalue weighted by Crippen LogP contribution is 2.63. The molecule has 5 unspecified atom stereocenters. The number of alkyl halides is 1. The summed E-state index contributed by atoms with van der Waals surface area (Å²) in [6.45, 7) is 2.20. The Morgan fingerprint density at radius 1 is 1.46 bits per heavy atom. The fraction of sp³-hybridized carbons (Fsp3) is 1.00. The minimum atomic E-state index is -3.23. The molecule has 0 aromatic heterocycles. The van der Waals surface area contributed by atoms with E-state index in [0.717, 1.165) is 12.8 Å². The molecule has 2 aliphatic carbocycles. The number of rotatable bonds is 0. The maximum absolute atomic E-state index is 11.6. The highest BCUT2D eigenvalue weighted by atomic mass is 127. The standard InChI is InChI=1S/C8H11IO3S/c1-8-2-4-5(3-8)12-13(10,11)6(4)7(8)9/h4-7H,2-3H2,1H3. The van der Waals surface area contributed by atoms with Crippen molar-refractivity contribution >= 4 is 32.7 Å². The van der Waals surface area contributed by atoms with Crippen LogP contribution in [0.5, 0.6) is 0 Å². The molecule has 3 nitrogen and oxygen atoms in total. The van der Waals surface area contributed by atoms with E-state index in [2.05, 4.69) is 29.5 Å². The topological polar surface area (TPSA) is 43.4 Å². The molecular weight excluding hydrogens is 303 g/mol. The third kappa shape index (κ3) is 0.911. The van der Waals surface area contributed by atoms with Gasteiger partial charge in [0.15, 0.2) is 0 Å². The van der Waals surface area contributed by atoms with Crippen molar-refractivity contribution in [2.45, 2.75) is 35.0 Å². The van der Waals surface area contributed by atoms with Crippen LogP contribution in [-0.4, -0.2) is 23.7 Å². The highest BCUT2D eigenvalue weighted by molar-refractivity contribution is 14.1. The summed E-state index contributed by atoms with van der Waals surface area (Å²) in [5, 5.41) is -0.211. The number of halogens is 1. The summed E-state index contributed by atoms with van der Waals surface area (Å²) in [5.74, 6) is 0.289. The molecule has 1 aliphatic heterocycles. The van der Waals surface area contributed by atoms with Crippen molar-refractivity contribution in [1.82, 2.24) is 0 Å². The Labute approximate surface area is 91.5 Å². The van der Waals surface area contributed by atoms with Crippen LogP contribution in [0.25, 0.3) is 0 Å². The molecule has 0 aromatic carbocycles. The van der Waals surface area contributed by atoms with Crippen molar-refractivity contribution < 1.29 is 12.6 Å². The first-order chi connectivity index (χ1) is 5.94. The van der Waals surface area contributed by atoms with Crippen LogP contribution in [0.2, 0.25) is 0 Å². The summed E-state index contributed by atoms with van der Waals surface area (Å²) >= 11 is 2.30. The molecule has 2 saturated carbocycles. The van der Waals surface area contributed by atoms with Gasteiger partial charge in [0.1, 0.15) is 5.25 Å². The quantitative estimate of drug-likeness (QED) is 0.385. The van der Waals surface area contributed by atoms with Gasteiger partial charge in [0.2, 0.25) is 0 Å². The Bertz CT molecular complexity index is 360. The first kappa shape index (κ1) is 8.91. The summed E-state index contributed by atoms with van der Waals surface area (Å²) in [5.41, 5.74) is 0.212. The van der Waals surface area contributed by atoms with E-state index in [1.165, 1.54) is 0 Å². The van der Waals surface area contributed by atoms with Gasteiger partial charge in [0.25, 0.3) is 10.1 Å². The Morgan fingerprint density at radius 3 is 2.69 bits per heavy atom. The lowest BCUT2D eigenvalue weighted by Crippen LogP contribution is -2.36. The van der Waals surface area contributed by atoms with Gasteiger partial charge in [-0.05, 0) is 18.3 Å². The van der Waals surface area contributed by atoms with Gasteiger partial charge >= 0.3 is 0 Å². The molecule has 3 fully saturated rings. The van der Waals surface area contributed by atoms with Crippen molar-refractivity contribution in [1.29, 1.82) is 0 Å². The molecule has 0 amide bonds. The van der Waals surface area contributed by atoms with Gasteiger partial charge in [-0.2, -0.15) is 8.42 Å². The Balaban J connectivity index is 2.16. The van der Waals surface area contributed by atoms with Crippen molar-refractivity contribution in [3.8, 4) is 0 Å². The third-order valence-electron chi connectivity index (χ3n) is 3.81. The summed E-state index contributed by atoms with van der Waals surface area (Å²) in [7, 11) is -3.23.